The van der Waals surface area contributed by atoms with Crippen LogP contribution in [0, 0.1) is 5.92 Å². The molecule has 1 saturated heterocycles. The van der Waals surface area contributed by atoms with Gasteiger partial charge in [-0.2, -0.15) is 5.10 Å². The van der Waals surface area contributed by atoms with Crippen LogP contribution >= 0.6 is 11.6 Å². The summed E-state index contributed by atoms with van der Waals surface area (Å²) >= 11 is 6.44. The summed E-state index contributed by atoms with van der Waals surface area (Å²) < 4.78 is 1.86. The van der Waals surface area contributed by atoms with Gasteiger partial charge in [0.05, 0.1) is 12.1 Å². The van der Waals surface area contributed by atoms with E-state index < -0.39 is 0 Å². The molecule has 1 fully saturated rings. The SMILES string of the molecule is C[C@@H](NC(=O)[C@H]1CCN(C)[C@@H](C)C1)[C@@H](c1ccccc1Cl)n1cccn1. The van der Waals surface area contributed by atoms with Crippen molar-refractivity contribution in [3.05, 3.63) is 53.3 Å². The first-order valence-electron chi connectivity index (χ1n) is 9.21. The van der Waals surface area contributed by atoms with Gasteiger partial charge in [-0.15, -0.1) is 0 Å². The van der Waals surface area contributed by atoms with Gasteiger partial charge in [-0.05, 0) is 58.0 Å². The smallest absolute Gasteiger partial charge is 0.223 e. The average Bonchev–Trinajstić information content (AvgIpc) is 3.13. The zero-order chi connectivity index (χ0) is 18.7. The van der Waals surface area contributed by atoms with Gasteiger partial charge < -0.3 is 10.2 Å². The molecule has 0 bridgehead atoms. The van der Waals surface area contributed by atoms with Gasteiger partial charge in [0.15, 0.2) is 0 Å². The minimum atomic E-state index is -0.147. The zero-order valence-electron chi connectivity index (χ0n) is 15.6. The highest BCUT2D eigenvalue weighted by atomic mass is 35.5. The third kappa shape index (κ3) is 4.10. The number of piperidine rings is 1. The first-order valence-corrected chi connectivity index (χ1v) is 9.59. The van der Waals surface area contributed by atoms with Crippen LogP contribution in [-0.2, 0) is 4.79 Å². The minimum absolute atomic E-state index is 0.0631. The van der Waals surface area contributed by atoms with Crippen LogP contribution < -0.4 is 5.32 Å². The third-order valence-electron chi connectivity index (χ3n) is 5.46. The zero-order valence-corrected chi connectivity index (χ0v) is 16.4. The van der Waals surface area contributed by atoms with Crippen molar-refractivity contribution in [1.29, 1.82) is 0 Å². The second-order valence-corrected chi connectivity index (χ2v) is 7.71. The molecule has 6 heteroatoms. The maximum Gasteiger partial charge on any atom is 0.223 e. The normalized spacial score (nSPS) is 23.4. The molecule has 1 aromatic heterocycles. The number of halogens is 1. The highest BCUT2D eigenvalue weighted by Gasteiger charge is 2.31. The first kappa shape index (κ1) is 18.9. The molecule has 4 atom stereocenters. The molecular formula is C20H27ClN4O. The lowest BCUT2D eigenvalue weighted by atomic mass is 9.90. The maximum atomic E-state index is 12.9. The van der Waals surface area contributed by atoms with Crippen molar-refractivity contribution in [3.8, 4) is 0 Å². The number of nitrogens with one attached hydrogen (secondary N) is 1. The minimum Gasteiger partial charge on any atom is -0.351 e. The Balaban J connectivity index is 1.77. The summed E-state index contributed by atoms with van der Waals surface area (Å²) in [6, 6.07) is 9.79. The van der Waals surface area contributed by atoms with E-state index in [9.17, 15) is 4.79 Å². The van der Waals surface area contributed by atoms with Crippen LogP contribution in [0.25, 0.3) is 0 Å². The molecular weight excluding hydrogens is 348 g/mol. The Morgan fingerprint density at radius 2 is 2.12 bits per heavy atom. The summed E-state index contributed by atoms with van der Waals surface area (Å²) in [6.07, 6.45) is 5.46. The van der Waals surface area contributed by atoms with E-state index in [1.165, 1.54) is 0 Å². The Hall–Kier alpha value is -1.85. The Kier molecular flexibility index (Phi) is 5.99. The molecule has 1 aliphatic heterocycles. The molecule has 3 rings (SSSR count). The van der Waals surface area contributed by atoms with Crippen LogP contribution in [0.2, 0.25) is 5.02 Å². The predicted molar refractivity (Wildman–Crippen MR) is 104 cm³/mol. The number of carbonyl (C=O) groups excluding carboxylic acids is 1. The molecule has 1 N–H and O–H groups in total. The maximum absolute atomic E-state index is 12.9. The fourth-order valence-corrected chi connectivity index (χ4v) is 4.00. The second-order valence-electron chi connectivity index (χ2n) is 7.30. The molecule has 140 valence electrons. The predicted octanol–water partition coefficient (Wildman–Crippen LogP) is 3.36. The first-order chi connectivity index (χ1) is 12.5. The Morgan fingerprint density at radius 3 is 2.77 bits per heavy atom. The fraction of sp³-hybridized carbons (Fsp3) is 0.500. The number of rotatable bonds is 5. The van der Waals surface area contributed by atoms with Crippen LogP contribution in [0.5, 0.6) is 0 Å². The molecule has 1 amide bonds. The lowest BCUT2D eigenvalue weighted by Crippen LogP contribution is -2.47. The molecule has 0 unspecified atom stereocenters. The molecule has 2 aromatic rings. The molecule has 0 aliphatic carbocycles. The number of aromatic nitrogens is 2. The average molecular weight is 375 g/mol. The van der Waals surface area contributed by atoms with Crippen LogP contribution in [-0.4, -0.2) is 46.3 Å². The van der Waals surface area contributed by atoms with E-state index in [2.05, 4.69) is 29.3 Å². The standard InChI is InChI=1S/C20H27ClN4O/c1-14-13-16(9-12-24(14)3)20(26)23-15(2)19(25-11-6-10-22-25)17-7-4-5-8-18(17)21/h4-8,10-11,14-16,19H,9,12-13H2,1-3H3,(H,23,26)/t14-,15+,16-,19-/m0/s1. The van der Waals surface area contributed by atoms with E-state index in [1.807, 2.05) is 48.1 Å². The summed E-state index contributed by atoms with van der Waals surface area (Å²) in [4.78, 5) is 15.2. The van der Waals surface area contributed by atoms with E-state index in [0.29, 0.717) is 11.1 Å². The van der Waals surface area contributed by atoms with Crippen molar-refractivity contribution >= 4 is 17.5 Å². The summed E-state index contributed by atoms with van der Waals surface area (Å²) in [5, 5.41) is 8.30. The molecule has 26 heavy (non-hydrogen) atoms. The van der Waals surface area contributed by atoms with Crippen molar-refractivity contribution in [3.63, 3.8) is 0 Å². The summed E-state index contributed by atoms with van der Waals surface area (Å²) in [7, 11) is 2.12. The van der Waals surface area contributed by atoms with Gasteiger partial charge >= 0.3 is 0 Å². The topological polar surface area (TPSA) is 50.2 Å². The van der Waals surface area contributed by atoms with Gasteiger partial charge in [-0.1, -0.05) is 29.8 Å². The highest BCUT2D eigenvalue weighted by Crippen LogP contribution is 2.29. The summed E-state index contributed by atoms with van der Waals surface area (Å²) in [6.45, 7) is 5.16. The highest BCUT2D eigenvalue weighted by molar-refractivity contribution is 6.31. The van der Waals surface area contributed by atoms with Gasteiger partial charge in [-0.25, -0.2) is 0 Å². The molecule has 1 aromatic carbocycles. The van der Waals surface area contributed by atoms with Crippen molar-refractivity contribution in [2.24, 2.45) is 5.92 Å². The van der Waals surface area contributed by atoms with Crippen molar-refractivity contribution < 1.29 is 4.79 Å². The lowest BCUT2D eigenvalue weighted by molar-refractivity contribution is -0.127. The Bertz CT molecular complexity index is 733. The number of amides is 1. The van der Waals surface area contributed by atoms with Gasteiger partial charge in [0.1, 0.15) is 0 Å². The van der Waals surface area contributed by atoms with Crippen molar-refractivity contribution in [1.82, 2.24) is 20.0 Å². The molecule has 2 heterocycles. The number of benzene rings is 1. The van der Waals surface area contributed by atoms with Gasteiger partial charge in [-0.3, -0.25) is 9.48 Å². The Morgan fingerprint density at radius 1 is 1.35 bits per heavy atom. The Labute approximate surface area is 160 Å². The summed E-state index contributed by atoms with van der Waals surface area (Å²) in [5.74, 6) is 0.190. The molecule has 0 radical (unpaired) electrons. The number of carbonyl (C=O) groups is 1. The molecule has 0 saturated carbocycles. The van der Waals surface area contributed by atoms with Gasteiger partial charge in [0.25, 0.3) is 0 Å². The number of hydrogen-bond acceptors (Lipinski definition) is 3. The van der Waals surface area contributed by atoms with E-state index in [4.69, 9.17) is 11.6 Å². The van der Waals surface area contributed by atoms with Crippen molar-refractivity contribution in [2.75, 3.05) is 13.6 Å². The van der Waals surface area contributed by atoms with E-state index in [1.54, 1.807) is 6.20 Å². The molecule has 5 nitrogen and oxygen atoms in total. The number of nitrogens with zero attached hydrogens (tertiary/aromatic N) is 3. The largest absolute Gasteiger partial charge is 0.351 e. The fourth-order valence-electron chi connectivity index (χ4n) is 3.75. The monoisotopic (exact) mass is 374 g/mol. The van der Waals surface area contributed by atoms with Gasteiger partial charge in [0, 0.05) is 29.4 Å². The number of hydrogen-bond donors (Lipinski definition) is 1. The van der Waals surface area contributed by atoms with Crippen LogP contribution in [0.4, 0.5) is 0 Å². The quantitative estimate of drug-likeness (QED) is 0.873. The lowest BCUT2D eigenvalue weighted by Gasteiger charge is -2.35. The molecule has 0 spiro atoms. The van der Waals surface area contributed by atoms with E-state index >= 15 is 0 Å². The van der Waals surface area contributed by atoms with Crippen LogP contribution in [0.3, 0.4) is 0 Å². The third-order valence-corrected chi connectivity index (χ3v) is 5.80. The summed E-state index contributed by atoms with van der Waals surface area (Å²) in [5.41, 5.74) is 0.961. The second kappa shape index (κ2) is 8.23. The van der Waals surface area contributed by atoms with Crippen LogP contribution in [0.15, 0.2) is 42.7 Å². The van der Waals surface area contributed by atoms with Gasteiger partial charge in [0.2, 0.25) is 5.91 Å². The molecule has 1 aliphatic rings. The van der Waals surface area contributed by atoms with Crippen molar-refractivity contribution in [2.45, 2.75) is 44.8 Å². The number of likely N-dealkylation sites (tertiary alicyclic amines) is 1. The van der Waals surface area contributed by atoms with E-state index in [-0.39, 0.29) is 23.9 Å². The van der Waals surface area contributed by atoms with E-state index in [0.717, 1.165) is 24.9 Å². The van der Waals surface area contributed by atoms with Crippen LogP contribution in [0.1, 0.15) is 38.3 Å².